The summed E-state index contributed by atoms with van der Waals surface area (Å²) in [6, 6.07) is -1.37. The molecule has 0 unspecified atom stereocenters. The predicted octanol–water partition coefficient (Wildman–Crippen LogP) is -0.764. The maximum absolute atomic E-state index is 10.8. The molecule has 0 heterocycles. The van der Waals surface area contributed by atoms with Gasteiger partial charge in [-0.3, -0.25) is 0 Å². The largest absolute Gasteiger partial charge is 0.466 e. The number of esters is 1. The lowest BCUT2D eigenvalue weighted by molar-refractivity contribution is -0.170. The van der Waals surface area contributed by atoms with E-state index in [1.54, 1.807) is 0 Å². The molecule has 0 spiro atoms. The van der Waals surface area contributed by atoms with Crippen LogP contribution in [0.15, 0.2) is 17.4 Å². The molecule has 0 saturated heterocycles. The Bertz CT molecular complexity index is 312. The average Bonchev–Trinajstić information content (AvgIpc) is 2.21. The number of nitrogens with two attached hydrogens (primary N) is 1. The predicted molar refractivity (Wildman–Crippen MR) is 44.5 cm³/mol. The molecule has 0 fully saturated rings. The van der Waals surface area contributed by atoms with Crippen molar-refractivity contribution >= 4 is 18.0 Å². The van der Waals surface area contributed by atoms with Crippen LogP contribution in [0.5, 0.6) is 0 Å². The van der Waals surface area contributed by atoms with Crippen LogP contribution in [0, 0.1) is 4.91 Å². The summed E-state index contributed by atoms with van der Waals surface area (Å²) in [5.74, 6) is -1.99. The van der Waals surface area contributed by atoms with Gasteiger partial charge in [-0.1, -0.05) is 0 Å². The van der Waals surface area contributed by atoms with Crippen molar-refractivity contribution in [3.63, 3.8) is 0 Å². The molecule has 0 radical (unpaired) electrons. The van der Waals surface area contributed by atoms with Crippen LogP contribution in [0.3, 0.4) is 0 Å². The van der Waals surface area contributed by atoms with Crippen molar-refractivity contribution in [1.82, 2.24) is 5.17 Å². The minimum absolute atomic E-state index is 0.274. The quantitative estimate of drug-likeness (QED) is 0.286. The lowest BCUT2D eigenvalue weighted by Crippen LogP contribution is -2.32. The van der Waals surface area contributed by atoms with Crippen LogP contribution in [0.2, 0.25) is 0 Å². The van der Waals surface area contributed by atoms with E-state index in [0.29, 0.717) is 6.08 Å². The number of hydrogen-bond donors (Lipinski definition) is 1. The number of carbonyl (C=O) groups excluding carboxylic acids is 3. The molecule has 0 aliphatic carbocycles. The Hall–Kier alpha value is -2.45. The second kappa shape index (κ2) is 6.07. The summed E-state index contributed by atoms with van der Waals surface area (Å²) in [7, 11) is 1.10. The van der Waals surface area contributed by atoms with Gasteiger partial charge in [0.15, 0.2) is 0 Å². The number of nitroso groups, excluding NO2 is 1. The van der Waals surface area contributed by atoms with E-state index in [9.17, 15) is 19.3 Å². The van der Waals surface area contributed by atoms with Crippen LogP contribution in [-0.2, 0) is 19.2 Å². The second-order valence-electron chi connectivity index (χ2n) is 1.96. The van der Waals surface area contributed by atoms with Gasteiger partial charge in [0.05, 0.1) is 12.4 Å². The van der Waals surface area contributed by atoms with Gasteiger partial charge < -0.3 is 15.3 Å². The zero-order valence-electron chi connectivity index (χ0n) is 7.58. The van der Waals surface area contributed by atoms with Crippen molar-refractivity contribution in [2.45, 2.75) is 0 Å². The normalized spacial score (nSPS) is 9.40. The van der Waals surface area contributed by atoms with Crippen LogP contribution in [0.1, 0.15) is 0 Å². The molecule has 15 heavy (non-hydrogen) atoms. The first kappa shape index (κ1) is 12.6. The molecular formula is C6H7N3O6. The molecule has 0 bridgehead atoms. The third kappa shape index (κ3) is 4.98. The molecule has 2 N–H and O–H groups in total. The van der Waals surface area contributed by atoms with Gasteiger partial charge in [0.1, 0.15) is 0 Å². The molecule has 0 aromatic rings. The lowest BCUT2D eigenvalue weighted by atomic mass is 10.5. The number of primary amides is 1. The molecule has 0 aliphatic heterocycles. The zero-order chi connectivity index (χ0) is 11.8. The third-order valence-corrected chi connectivity index (χ3v) is 0.996. The van der Waals surface area contributed by atoms with E-state index in [2.05, 4.69) is 15.3 Å². The van der Waals surface area contributed by atoms with Gasteiger partial charge >= 0.3 is 18.0 Å². The molecule has 0 aromatic carbocycles. The van der Waals surface area contributed by atoms with Gasteiger partial charge in [-0.25, -0.2) is 14.4 Å². The molecule has 0 aromatic heterocycles. The fourth-order valence-corrected chi connectivity index (χ4v) is 0.422. The SMILES string of the molecule is COC(=O)/C=C\C(=O)ON(N=O)C(N)=O. The van der Waals surface area contributed by atoms with Crippen LogP contribution in [0.25, 0.3) is 0 Å². The molecule has 2 amide bonds. The Morgan fingerprint density at radius 2 is 1.80 bits per heavy atom. The fourth-order valence-electron chi connectivity index (χ4n) is 0.422. The van der Waals surface area contributed by atoms with Crippen LogP contribution < -0.4 is 5.73 Å². The van der Waals surface area contributed by atoms with Crippen LogP contribution in [-0.4, -0.2) is 30.3 Å². The Balaban J connectivity index is 4.24. The topological polar surface area (TPSA) is 128 Å². The molecule has 0 aliphatic rings. The van der Waals surface area contributed by atoms with E-state index < -0.39 is 18.0 Å². The number of hydrogen-bond acceptors (Lipinski definition) is 7. The maximum atomic E-state index is 10.8. The van der Waals surface area contributed by atoms with Crippen molar-refractivity contribution < 1.29 is 24.0 Å². The summed E-state index contributed by atoms with van der Waals surface area (Å²) in [6.45, 7) is 0. The summed E-state index contributed by atoms with van der Waals surface area (Å²) in [5.41, 5.74) is 4.58. The number of carbonyl (C=O) groups is 3. The first-order chi connectivity index (χ1) is 7.01. The number of hydroxylamine groups is 1. The zero-order valence-corrected chi connectivity index (χ0v) is 7.58. The van der Waals surface area contributed by atoms with Gasteiger partial charge in [0.25, 0.3) is 0 Å². The third-order valence-electron chi connectivity index (χ3n) is 0.996. The molecule has 0 atom stereocenters. The first-order valence-electron chi connectivity index (χ1n) is 3.42. The highest BCUT2D eigenvalue weighted by molar-refractivity contribution is 5.91. The summed E-state index contributed by atoms with van der Waals surface area (Å²) >= 11 is 0. The van der Waals surface area contributed by atoms with E-state index in [-0.39, 0.29) is 5.17 Å². The number of methoxy groups -OCH3 is 1. The molecular weight excluding hydrogens is 210 g/mol. The summed E-state index contributed by atoms with van der Waals surface area (Å²) in [4.78, 5) is 45.5. The Kier molecular flexibility index (Phi) is 5.08. The molecule has 9 heteroatoms. The molecule has 0 rings (SSSR count). The van der Waals surface area contributed by atoms with Gasteiger partial charge in [0, 0.05) is 17.3 Å². The fraction of sp³-hybridized carbons (Fsp3) is 0.167. The Morgan fingerprint density at radius 3 is 2.20 bits per heavy atom. The molecule has 0 saturated carbocycles. The van der Waals surface area contributed by atoms with Crippen LogP contribution in [0.4, 0.5) is 4.79 Å². The standard InChI is InChI=1S/C6H7N3O6/c1-14-4(10)2-3-5(11)15-9(8-13)6(7)12/h2-3H,1H3,(H2,7,12)/b3-2-. The van der Waals surface area contributed by atoms with E-state index in [0.717, 1.165) is 13.2 Å². The summed E-state index contributed by atoms with van der Waals surface area (Å²) < 4.78 is 4.16. The van der Waals surface area contributed by atoms with Crippen molar-refractivity contribution in [2.75, 3.05) is 7.11 Å². The van der Waals surface area contributed by atoms with Gasteiger partial charge in [-0.2, -0.15) is 0 Å². The highest BCUT2D eigenvalue weighted by Crippen LogP contribution is 1.93. The maximum Gasteiger partial charge on any atom is 0.373 e. The smallest absolute Gasteiger partial charge is 0.373 e. The monoisotopic (exact) mass is 217 g/mol. The van der Waals surface area contributed by atoms with Crippen molar-refractivity contribution in [2.24, 2.45) is 11.0 Å². The molecule has 9 nitrogen and oxygen atoms in total. The number of nitrogens with zero attached hydrogens (tertiary/aromatic N) is 2. The number of amides is 2. The van der Waals surface area contributed by atoms with E-state index in [1.165, 1.54) is 0 Å². The Morgan fingerprint density at radius 1 is 1.27 bits per heavy atom. The minimum Gasteiger partial charge on any atom is -0.466 e. The number of rotatable bonds is 3. The van der Waals surface area contributed by atoms with Crippen molar-refractivity contribution in [3.8, 4) is 0 Å². The number of ether oxygens (including phenoxy) is 1. The Labute approximate surface area is 83.3 Å². The van der Waals surface area contributed by atoms with Crippen molar-refractivity contribution in [3.05, 3.63) is 17.1 Å². The summed E-state index contributed by atoms with van der Waals surface area (Å²) in [5, 5.41) is 1.72. The van der Waals surface area contributed by atoms with E-state index >= 15 is 0 Å². The highest BCUT2D eigenvalue weighted by atomic mass is 16.8. The minimum atomic E-state index is -1.37. The van der Waals surface area contributed by atoms with Crippen molar-refractivity contribution in [1.29, 1.82) is 0 Å². The van der Waals surface area contributed by atoms with E-state index in [1.807, 2.05) is 5.29 Å². The average molecular weight is 217 g/mol. The van der Waals surface area contributed by atoms with E-state index in [4.69, 9.17) is 0 Å². The second-order valence-corrected chi connectivity index (χ2v) is 1.96. The van der Waals surface area contributed by atoms with Gasteiger partial charge in [-0.15, -0.1) is 4.91 Å². The van der Waals surface area contributed by atoms with Crippen LogP contribution >= 0.6 is 0 Å². The first-order valence-corrected chi connectivity index (χ1v) is 3.42. The number of urea groups is 1. The summed E-state index contributed by atoms with van der Waals surface area (Å²) in [6.07, 6.45) is 1.36. The van der Waals surface area contributed by atoms with Gasteiger partial charge in [-0.05, 0) is 0 Å². The van der Waals surface area contributed by atoms with Gasteiger partial charge in [0.2, 0.25) is 0 Å². The highest BCUT2D eigenvalue weighted by Gasteiger charge is 2.14. The lowest BCUT2D eigenvalue weighted by Gasteiger charge is -2.06. The molecule has 82 valence electrons.